The van der Waals surface area contributed by atoms with Gasteiger partial charge in [-0.1, -0.05) is 25.5 Å². The van der Waals surface area contributed by atoms with E-state index < -0.39 is 0 Å². The van der Waals surface area contributed by atoms with Crippen molar-refractivity contribution in [2.24, 2.45) is 0 Å². The molecule has 0 spiro atoms. The maximum absolute atomic E-state index is 4.93. The topological polar surface area (TPSA) is 0 Å². The Morgan fingerprint density at radius 2 is 2.50 bits per heavy atom. The van der Waals surface area contributed by atoms with Crippen LogP contribution in [0.1, 0.15) is 13.3 Å². The normalized spacial score (nSPS) is 12.8. The summed E-state index contributed by atoms with van der Waals surface area (Å²) in [6.45, 7) is 1.98. The molecule has 1 atom stereocenters. The molecule has 0 fully saturated rings. The van der Waals surface area contributed by atoms with Gasteiger partial charge in [0.05, 0.1) is 5.25 Å². The molecule has 1 unspecified atom stereocenters. The van der Waals surface area contributed by atoms with E-state index in [9.17, 15) is 0 Å². The maximum Gasteiger partial charge on any atom is 0.0755 e. The van der Waals surface area contributed by atoms with Gasteiger partial charge in [0.15, 0.2) is 0 Å². The molecule has 0 aromatic carbocycles. The molecule has 0 N–H and O–H groups in total. The molecule has 0 amide bonds. The standard InChI is InChI=1S/C5H7S/c1-3-5(6)4-2/h1,5H,4H2,2H3. The van der Waals surface area contributed by atoms with E-state index >= 15 is 0 Å². The first-order chi connectivity index (χ1) is 2.81. The van der Waals surface area contributed by atoms with Crippen LogP contribution in [0.15, 0.2) is 0 Å². The summed E-state index contributed by atoms with van der Waals surface area (Å²) in [5, 5.41) is 0.0463. The Morgan fingerprint density at radius 3 is 2.50 bits per heavy atom. The summed E-state index contributed by atoms with van der Waals surface area (Å²) < 4.78 is 0. The Labute approximate surface area is 44.4 Å². The van der Waals surface area contributed by atoms with Crippen molar-refractivity contribution in [3.05, 3.63) is 0 Å². The summed E-state index contributed by atoms with van der Waals surface area (Å²) >= 11 is 4.70. The van der Waals surface area contributed by atoms with Crippen molar-refractivity contribution < 1.29 is 0 Å². The van der Waals surface area contributed by atoms with Crippen LogP contribution in [0.5, 0.6) is 0 Å². The first kappa shape index (κ1) is 5.91. The van der Waals surface area contributed by atoms with Crippen LogP contribution in [0.25, 0.3) is 0 Å². The molecular formula is C5H7S. The molecule has 0 aromatic rings. The zero-order chi connectivity index (χ0) is 4.99. The van der Waals surface area contributed by atoms with Crippen molar-refractivity contribution in [2.45, 2.75) is 18.6 Å². The Bertz CT molecular complexity index is 60.8. The van der Waals surface area contributed by atoms with Gasteiger partial charge in [0.2, 0.25) is 0 Å². The van der Waals surface area contributed by atoms with Gasteiger partial charge in [0.25, 0.3) is 0 Å². The predicted octanol–water partition coefficient (Wildman–Crippen LogP) is 1.60. The van der Waals surface area contributed by atoms with Crippen molar-refractivity contribution in [2.75, 3.05) is 0 Å². The molecule has 6 heavy (non-hydrogen) atoms. The Morgan fingerprint density at radius 1 is 2.00 bits per heavy atom. The lowest BCUT2D eigenvalue weighted by Crippen LogP contribution is -1.86. The van der Waals surface area contributed by atoms with Crippen LogP contribution in [0, 0.1) is 12.3 Å². The van der Waals surface area contributed by atoms with Gasteiger partial charge in [-0.15, -0.1) is 6.42 Å². The lowest BCUT2D eigenvalue weighted by molar-refractivity contribution is 1.01. The molecule has 0 saturated heterocycles. The van der Waals surface area contributed by atoms with Crippen LogP contribution in [0.4, 0.5) is 0 Å². The summed E-state index contributed by atoms with van der Waals surface area (Å²) in [4.78, 5) is 0. The van der Waals surface area contributed by atoms with Crippen LogP contribution in [0.3, 0.4) is 0 Å². The second-order valence-corrected chi connectivity index (χ2v) is 1.63. The summed E-state index contributed by atoms with van der Waals surface area (Å²) in [7, 11) is 0. The molecule has 0 rings (SSSR count). The molecule has 0 aliphatic heterocycles. The number of hydrogen-bond donors (Lipinski definition) is 0. The van der Waals surface area contributed by atoms with Crippen LogP contribution in [0.2, 0.25) is 0 Å². The molecule has 0 aliphatic carbocycles. The third-order valence-corrected chi connectivity index (χ3v) is 1.03. The first-order valence-corrected chi connectivity index (χ1v) is 2.40. The zero-order valence-corrected chi connectivity index (χ0v) is 4.59. The smallest absolute Gasteiger partial charge is 0.0755 e. The van der Waals surface area contributed by atoms with Crippen molar-refractivity contribution in [3.8, 4) is 12.3 Å². The van der Waals surface area contributed by atoms with E-state index in [1.165, 1.54) is 0 Å². The second-order valence-electron chi connectivity index (χ2n) is 1.06. The Balaban J connectivity index is 3.04. The highest BCUT2D eigenvalue weighted by Gasteiger charge is 1.87. The lowest BCUT2D eigenvalue weighted by atomic mass is 10.3. The van der Waals surface area contributed by atoms with Crippen LogP contribution < -0.4 is 0 Å². The molecule has 1 radical (unpaired) electrons. The quantitative estimate of drug-likeness (QED) is 0.438. The highest BCUT2D eigenvalue weighted by molar-refractivity contribution is 7.81. The van der Waals surface area contributed by atoms with Crippen molar-refractivity contribution >= 4 is 12.6 Å². The Kier molecular flexibility index (Phi) is 3.07. The largest absolute Gasteiger partial charge is 0.119 e. The van der Waals surface area contributed by atoms with E-state index in [0.717, 1.165) is 6.42 Å². The fourth-order valence-corrected chi connectivity index (χ4v) is 0.118. The molecular weight excluding hydrogens is 92.1 g/mol. The van der Waals surface area contributed by atoms with Gasteiger partial charge in [-0.3, -0.25) is 0 Å². The minimum Gasteiger partial charge on any atom is -0.119 e. The van der Waals surface area contributed by atoms with Gasteiger partial charge in [-0.05, 0) is 6.42 Å². The predicted molar refractivity (Wildman–Crippen MR) is 30.5 cm³/mol. The average molecular weight is 99.2 g/mol. The SMILES string of the molecule is C#CC([S])CC. The summed E-state index contributed by atoms with van der Waals surface area (Å²) in [6, 6.07) is 0. The molecule has 1 heteroatoms. The van der Waals surface area contributed by atoms with E-state index in [-0.39, 0.29) is 5.25 Å². The third-order valence-electron chi connectivity index (χ3n) is 0.557. The zero-order valence-electron chi connectivity index (χ0n) is 3.77. The molecule has 0 heterocycles. The van der Waals surface area contributed by atoms with Gasteiger partial charge in [-0.2, -0.15) is 0 Å². The van der Waals surface area contributed by atoms with Gasteiger partial charge in [0.1, 0.15) is 0 Å². The number of terminal acetylenes is 1. The fourth-order valence-electron chi connectivity index (χ4n) is 0.118. The summed E-state index contributed by atoms with van der Waals surface area (Å²) in [6.07, 6.45) is 5.84. The van der Waals surface area contributed by atoms with Crippen molar-refractivity contribution in [3.63, 3.8) is 0 Å². The second kappa shape index (κ2) is 3.11. The Hall–Kier alpha value is -0.0900. The van der Waals surface area contributed by atoms with Gasteiger partial charge >= 0.3 is 0 Å². The lowest BCUT2D eigenvalue weighted by Gasteiger charge is -1.88. The van der Waals surface area contributed by atoms with Gasteiger partial charge < -0.3 is 0 Å². The van der Waals surface area contributed by atoms with Crippen molar-refractivity contribution in [1.29, 1.82) is 0 Å². The fraction of sp³-hybridized carbons (Fsp3) is 0.600. The van der Waals surface area contributed by atoms with E-state index in [1.54, 1.807) is 0 Å². The van der Waals surface area contributed by atoms with E-state index in [0.29, 0.717) is 0 Å². The number of rotatable bonds is 1. The number of hydrogen-bond acceptors (Lipinski definition) is 0. The monoisotopic (exact) mass is 99.0 g/mol. The van der Waals surface area contributed by atoms with Gasteiger partial charge in [0, 0.05) is 0 Å². The van der Waals surface area contributed by atoms with E-state index in [2.05, 4.69) is 5.92 Å². The molecule has 0 aromatic heterocycles. The van der Waals surface area contributed by atoms with E-state index in [4.69, 9.17) is 19.1 Å². The highest BCUT2D eigenvalue weighted by atomic mass is 32.1. The minimum absolute atomic E-state index is 0.0463. The molecule has 0 bridgehead atoms. The first-order valence-electron chi connectivity index (χ1n) is 1.93. The van der Waals surface area contributed by atoms with E-state index in [1.807, 2.05) is 6.92 Å². The van der Waals surface area contributed by atoms with Crippen LogP contribution >= 0.6 is 12.6 Å². The minimum atomic E-state index is 0.0463. The average Bonchev–Trinajstić information content (AvgIpc) is 1.65. The van der Waals surface area contributed by atoms with Crippen molar-refractivity contribution in [1.82, 2.24) is 0 Å². The molecule has 33 valence electrons. The van der Waals surface area contributed by atoms with Gasteiger partial charge in [-0.25, -0.2) is 0 Å². The molecule has 0 saturated carbocycles. The van der Waals surface area contributed by atoms with Crippen LogP contribution in [-0.4, -0.2) is 5.25 Å². The highest BCUT2D eigenvalue weighted by Crippen LogP contribution is 1.94. The summed E-state index contributed by atoms with van der Waals surface area (Å²) in [5.74, 6) is 2.43. The molecule has 0 aliphatic rings. The van der Waals surface area contributed by atoms with Crippen LogP contribution in [-0.2, 0) is 0 Å². The third kappa shape index (κ3) is 2.17. The summed E-state index contributed by atoms with van der Waals surface area (Å²) in [5.41, 5.74) is 0. The molecule has 0 nitrogen and oxygen atoms in total. The maximum atomic E-state index is 4.93.